The van der Waals surface area contributed by atoms with Crippen molar-refractivity contribution < 1.29 is 80.3 Å². The number of terminal acetylenes is 2. The van der Waals surface area contributed by atoms with Crippen LogP contribution in [0, 0.1) is 51.9 Å². The maximum absolute atomic E-state index is 12.9. The van der Waals surface area contributed by atoms with Gasteiger partial charge >= 0.3 is 48.3 Å². The highest BCUT2D eigenvalue weighted by Gasteiger charge is 2.38. The van der Waals surface area contributed by atoms with E-state index in [1.165, 1.54) is 0 Å². The van der Waals surface area contributed by atoms with Gasteiger partial charge in [0.2, 0.25) is 16.3 Å². The number of rotatable bonds is 12. The molecule has 3 aromatic heterocycles. The van der Waals surface area contributed by atoms with Gasteiger partial charge in [0.15, 0.2) is 0 Å². The Morgan fingerprint density at radius 1 is 0.458 bits per heavy atom. The highest BCUT2D eigenvalue weighted by molar-refractivity contribution is 14.1. The molecule has 0 saturated carbocycles. The van der Waals surface area contributed by atoms with E-state index in [4.69, 9.17) is 51.2 Å². The Kier molecular flexibility index (Phi) is 42.9. The number of nitrogens with one attached hydrogen (secondary N) is 2. The van der Waals surface area contributed by atoms with E-state index in [9.17, 15) is 56.3 Å². The van der Waals surface area contributed by atoms with Crippen molar-refractivity contribution in [2.75, 3.05) is 150 Å². The number of halogens is 5. The predicted molar refractivity (Wildman–Crippen MR) is 470 cm³/mol. The zero-order valence-electron chi connectivity index (χ0n) is 71.4. The van der Waals surface area contributed by atoms with E-state index in [1.54, 1.807) is 72.3 Å². The molecule has 0 radical (unpaired) electrons. The van der Waals surface area contributed by atoms with Gasteiger partial charge in [0, 0.05) is 174 Å². The Hall–Kier alpha value is -9.98. The fraction of sp³-hybridized carbons (Fsp3) is 0.517. The van der Waals surface area contributed by atoms with Crippen LogP contribution in [-0.2, 0) is 52.8 Å². The van der Waals surface area contributed by atoms with E-state index in [2.05, 4.69) is 99.4 Å². The van der Waals surface area contributed by atoms with Crippen LogP contribution >= 0.6 is 38.5 Å². The van der Waals surface area contributed by atoms with Crippen molar-refractivity contribution in [1.29, 1.82) is 0 Å². The summed E-state index contributed by atoms with van der Waals surface area (Å²) in [6.45, 7) is 45.3. The van der Waals surface area contributed by atoms with E-state index in [1.807, 2.05) is 133 Å². The SMILES string of the molecule is C#CCBr.C#CCN1CCN(C(=O)OC(C)(C)C)CC1.CC(C)(C)OC(=O)N1CCNCC1.CCOC(=O)c1cn(CC)c2ccc(C#CCN3CCN(C(=O)OC(C)(C)C)CC3)cc2c1=O.CCOC(=O)c1cn(CC)c2ccc(C#CCN3CCNCC3)cc2c1=O.CCOC(=O)c1cn(CC)c2ccc(I)cc2c1=O.O=C(O)C(F)(F)F. The summed E-state index contributed by atoms with van der Waals surface area (Å²) in [4.78, 5) is 130. The van der Waals surface area contributed by atoms with Crippen molar-refractivity contribution >= 4 is 113 Å². The average Bonchev–Trinajstić information content (AvgIpc) is 0.786. The van der Waals surface area contributed by atoms with Gasteiger partial charge in [-0.1, -0.05) is 51.5 Å². The van der Waals surface area contributed by atoms with Gasteiger partial charge in [-0.3, -0.25) is 29.1 Å². The number of aliphatic carboxylic acids is 1. The van der Waals surface area contributed by atoms with Crippen molar-refractivity contribution in [3.8, 4) is 48.4 Å². The minimum atomic E-state index is -5.08. The van der Waals surface area contributed by atoms with Crippen LogP contribution in [0.3, 0.4) is 0 Å². The van der Waals surface area contributed by atoms with Crippen LogP contribution in [0.5, 0.6) is 0 Å². The number of fused-ring (bicyclic) bond motifs is 3. The molecule has 0 bridgehead atoms. The van der Waals surface area contributed by atoms with E-state index in [0.29, 0.717) is 92.5 Å². The monoisotopic (exact) mass is 1850 g/mol. The second-order valence-electron chi connectivity index (χ2n) is 29.9. The topological polar surface area (TPSA) is 305 Å². The number of carbonyl (C=O) groups is 7. The Balaban J connectivity index is 0.000000316. The van der Waals surface area contributed by atoms with E-state index >= 15 is 0 Å². The lowest BCUT2D eigenvalue weighted by atomic mass is 10.1. The number of aromatic nitrogens is 3. The third-order valence-electron chi connectivity index (χ3n) is 17.4. The first kappa shape index (κ1) is 102. The largest absolute Gasteiger partial charge is 0.490 e. The zero-order chi connectivity index (χ0) is 89.7. The quantitative estimate of drug-likeness (QED) is 0.0337. The van der Waals surface area contributed by atoms with Crippen LogP contribution in [0.1, 0.15) is 146 Å². The van der Waals surface area contributed by atoms with Gasteiger partial charge in [0.05, 0.1) is 61.3 Å². The summed E-state index contributed by atoms with van der Waals surface area (Å²) < 4.78 is 69.3. The first-order valence-electron chi connectivity index (χ1n) is 39.5. The Labute approximate surface area is 722 Å². The first-order chi connectivity index (χ1) is 56.6. The van der Waals surface area contributed by atoms with Crippen LogP contribution in [0.15, 0.2) is 87.6 Å². The van der Waals surface area contributed by atoms with Crippen molar-refractivity contribution in [2.45, 2.75) is 146 Å². The van der Waals surface area contributed by atoms with E-state index < -0.39 is 41.3 Å². The van der Waals surface area contributed by atoms with Crippen molar-refractivity contribution in [3.63, 3.8) is 0 Å². The molecule has 10 rings (SSSR count). The molecule has 6 aromatic rings. The number of carboxylic acid groups (broad SMARTS) is 1. The van der Waals surface area contributed by atoms with Gasteiger partial charge in [-0.15, -0.1) is 12.8 Å². The molecule has 3 aromatic carbocycles. The van der Waals surface area contributed by atoms with Crippen LogP contribution in [0.25, 0.3) is 32.7 Å². The third kappa shape index (κ3) is 34.6. The third-order valence-corrected chi connectivity index (χ3v) is 18.4. The predicted octanol–water partition coefficient (Wildman–Crippen LogP) is 11.0. The standard InChI is InChI=1S/C26H33N3O5.C21H25N3O3.C14H14INO3.C12H20N2O2.C9H18N2O2.C3H3Br.C2HF3O2/c1-6-28-18-21(24(31)33-7-2)23(30)20-17-19(10-11-22(20)28)9-8-12-27-13-15-29(16-14-27)25(32)34-26(3,4)5;1-3-24-15-18(21(26)27-4-2)20(25)17-14-16(7-8-19(17)24)6-5-11-23-12-9-22-10-13-23;1-3-16-8-11(14(18)19-4-2)13(17)10-7-9(15)5-6-12(10)16;1-5-6-13-7-9-14(10-8-13)11(15)16-12(2,3)4;1-9(2,3)13-8(12)11-6-4-10-5-7-11;1-2-3-4;3-2(4,5)1(6)7/h10-11,17-18H,6-7,12-16H2,1-5H3;7-8,14-15,22H,3-4,9-13H2,1-2H3;5-8H,3-4H2,1-2H3;1H,6-10H2,2-4H3;10H,4-7H2,1-3H3;1H,3H2;(H,6,7). The van der Waals surface area contributed by atoms with Gasteiger partial charge in [0.1, 0.15) is 33.5 Å². The summed E-state index contributed by atoms with van der Waals surface area (Å²) >= 11 is 5.16. The molecule has 4 aliphatic heterocycles. The number of ether oxygens (including phenoxy) is 6. The molecule has 3 amide bonds. The van der Waals surface area contributed by atoms with E-state index in [0.717, 1.165) is 104 Å². The number of hydrogen-bond acceptors (Lipinski definition) is 21. The number of piperazine rings is 4. The van der Waals surface area contributed by atoms with Crippen molar-refractivity contribution in [1.82, 2.24) is 53.7 Å². The van der Waals surface area contributed by atoms with Crippen LogP contribution in [-0.4, -0.2) is 263 Å². The van der Waals surface area contributed by atoms with Crippen molar-refractivity contribution in [3.05, 3.63) is 135 Å². The van der Waals surface area contributed by atoms with Gasteiger partial charge < -0.3 is 72.6 Å². The van der Waals surface area contributed by atoms with Gasteiger partial charge in [-0.25, -0.2) is 33.6 Å². The number of esters is 3. The minimum Gasteiger partial charge on any atom is -0.475 e. The number of pyridine rings is 3. The molecule has 7 heterocycles. The number of carboxylic acids is 1. The summed E-state index contributed by atoms with van der Waals surface area (Å²) in [6.07, 6.45) is 8.90. The molecular formula is C87H114BrF3IN11O17. The maximum atomic E-state index is 12.9. The summed E-state index contributed by atoms with van der Waals surface area (Å²) in [5.74, 6) is 13.1. The van der Waals surface area contributed by atoms with E-state index in [-0.39, 0.29) is 76.7 Å². The number of nitrogens with zero attached hydrogens (tertiary/aromatic N) is 9. The number of carbonyl (C=O) groups excluding carboxylic acids is 6. The molecule has 0 atom stereocenters. The second-order valence-corrected chi connectivity index (χ2v) is 31.7. The lowest BCUT2D eigenvalue weighted by Gasteiger charge is -2.34. The number of alkyl halides is 4. The fourth-order valence-corrected chi connectivity index (χ4v) is 12.2. The molecule has 4 fully saturated rings. The Morgan fingerprint density at radius 2 is 0.750 bits per heavy atom. The number of benzene rings is 3. The second kappa shape index (κ2) is 50.3. The summed E-state index contributed by atoms with van der Waals surface area (Å²) in [5, 5.41) is 15.8. The normalized spacial score (nSPS) is 14.3. The summed E-state index contributed by atoms with van der Waals surface area (Å²) in [5.41, 5.74) is 1.83. The highest BCUT2D eigenvalue weighted by Crippen LogP contribution is 2.21. The molecule has 654 valence electrons. The number of amides is 3. The molecule has 0 aliphatic carbocycles. The van der Waals surface area contributed by atoms with Crippen molar-refractivity contribution in [2.24, 2.45) is 0 Å². The first-order valence-corrected chi connectivity index (χ1v) is 41.7. The molecular weight excluding hydrogens is 1730 g/mol. The molecule has 0 unspecified atom stereocenters. The maximum Gasteiger partial charge on any atom is 0.490 e. The molecule has 33 heteroatoms. The number of hydrogen-bond donors (Lipinski definition) is 3. The van der Waals surface area contributed by atoms with Crippen LogP contribution in [0.2, 0.25) is 0 Å². The van der Waals surface area contributed by atoms with Crippen LogP contribution < -0.4 is 26.9 Å². The molecule has 4 aliphatic rings. The molecule has 120 heavy (non-hydrogen) atoms. The number of aryl methyl sites for hydroxylation is 3. The minimum absolute atomic E-state index is 0.0316. The van der Waals surface area contributed by atoms with Gasteiger partial charge in [-0.05, 0) is 181 Å². The lowest BCUT2D eigenvalue weighted by Crippen LogP contribution is -2.50. The summed E-state index contributed by atoms with van der Waals surface area (Å²) in [6, 6.07) is 16.7. The molecule has 28 nitrogen and oxygen atoms in total. The van der Waals surface area contributed by atoms with Crippen LogP contribution in [0.4, 0.5) is 27.6 Å². The molecule has 0 spiro atoms. The zero-order valence-corrected chi connectivity index (χ0v) is 75.1. The Morgan fingerprint density at radius 3 is 1.04 bits per heavy atom. The van der Waals surface area contributed by atoms with Gasteiger partial charge in [0.25, 0.3) is 0 Å². The summed E-state index contributed by atoms with van der Waals surface area (Å²) in [7, 11) is 0. The van der Waals surface area contributed by atoms with Gasteiger partial charge in [-0.2, -0.15) is 13.2 Å². The fourth-order valence-electron chi connectivity index (χ4n) is 11.7. The smallest absolute Gasteiger partial charge is 0.475 e. The average molecular weight is 1850 g/mol. The molecule has 4 saturated heterocycles. The Bertz CT molecular complexity index is 4870. The highest BCUT2D eigenvalue weighted by atomic mass is 127. The lowest BCUT2D eigenvalue weighted by molar-refractivity contribution is -0.192. The molecule has 3 N–H and O–H groups in total.